The molecule has 7 rings (SSSR count). The van der Waals surface area contributed by atoms with Gasteiger partial charge in [0.15, 0.2) is 11.5 Å². The molecule has 0 saturated carbocycles. The number of ether oxygens (including phenoxy) is 2. The van der Waals surface area contributed by atoms with E-state index in [4.69, 9.17) is 36.6 Å². The maximum Gasteiger partial charge on any atom is 0.416 e. The third-order valence-corrected chi connectivity index (χ3v) is 11.0. The summed E-state index contributed by atoms with van der Waals surface area (Å²) in [7, 11) is 2.76. The molecule has 286 valence electrons. The largest absolute Gasteiger partial charge is 0.461 e. The van der Waals surface area contributed by atoms with Gasteiger partial charge in [-0.05, 0) is 56.4 Å². The lowest BCUT2D eigenvalue weighted by atomic mass is 9.91. The summed E-state index contributed by atoms with van der Waals surface area (Å²) in [5, 5.41) is 5.56. The van der Waals surface area contributed by atoms with Crippen molar-refractivity contribution < 1.29 is 45.4 Å². The molecule has 2 aromatic heterocycles. The Bertz CT molecular complexity index is 1940. The van der Waals surface area contributed by atoms with Crippen molar-refractivity contribution in [2.24, 2.45) is 5.92 Å². The van der Waals surface area contributed by atoms with E-state index in [1.54, 1.807) is 4.68 Å². The van der Waals surface area contributed by atoms with Crippen molar-refractivity contribution in [1.82, 2.24) is 29.7 Å². The Labute approximate surface area is 305 Å². The van der Waals surface area contributed by atoms with E-state index in [1.165, 1.54) is 14.2 Å². The van der Waals surface area contributed by atoms with Gasteiger partial charge in [-0.1, -0.05) is 11.6 Å². The van der Waals surface area contributed by atoms with Crippen LogP contribution in [0.5, 0.6) is 6.01 Å². The molecule has 6 heterocycles. The number of fused-ring (bicyclic) bond motifs is 3. The number of aryl methyl sites for hydroxylation is 1. The third-order valence-electron chi connectivity index (χ3n) is 10.6. The summed E-state index contributed by atoms with van der Waals surface area (Å²) < 4.78 is 98.1. The first-order chi connectivity index (χ1) is 25.2. The van der Waals surface area contributed by atoms with Crippen molar-refractivity contribution in [2.75, 3.05) is 51.0 Å². The number of alkyl halides is 3. The zero-order valence-corrected chi connectivity index (χ0v) is 29.6. The maximum absolute atomic E-state index is 15.4. The smallest absolute Gasteiger partial charge is 0.416 e. The summed E-state index contributed by atoms with van der Waals surface area (Å²) >= 11 is 6.73. The molecule has 0 radical (unpaired) electrons. The lowest BCUT2D eigenvalue weighted by molar-refractivity contribution is -0.140. The molecule has 2 saturated heterocycles. The number of carbonyl (C=O) groups is 1. The Morgan fingerprint density at radius 3 is 2.74 bits per heavy atom. The van der Waals surface area contributed by atoms with Crippen LogP contribution >= 0.6 is 11.6 Å². The summed E-state index contributed by atoms with van der Waals surface area (Å²) in [6.45, 7) is 1.96. The second-order valence-corrected chi connectivity index (χ2v) is 14.1. The summed E-state index contributed by atoms with van der Waals surface area (Å²) in [4.78, 5) is 31.4. The number of hydrogen-bond donors (Lipinski definition) is 1. The van der Waals surface area contributed by atoms with Crippen LogP contribution in [0.2, 0.25) is 5.02 Å². The molecule has 1 amide bonds. The summed E-state index contributed by atoms with van der Waals surface area (Å²) in [5.41, 5.74) is 4.05. The van der Waals surface area contributed by atoms with Crippen LogP contribution < -0.4 is 15.4 Å². The lowest BCUT2D eigenvalue weighted by Gasteiger charge is -2.33. The van der Waals surface area contributed by atoms with Gasteiger partial charge < -0.3 is 20.1 Å². The Balaban J connectivity index is 1.26. The highest BCUT2D eigenvalue weighted by molar-refractivity contribution is 6.34. The van der Waals surface area contributed by atoms with Gasteiger partial charge in [0, 0.05) is 44.2 Å². The molecule has 1 aromatic carbocycles. The van der Waals surface area contributed by atoms with E-state index in [0.717, 1.165) is 36.2 Å². The van der Waals surface area contributed by atoms with E-state index in [0.29, 0.717) is 56.0 Å². The zero-order valence-electron chi connectivity index (χ0n) is 28.9. The fourth-order valence-corrected chi connectivity index (χ4v) is 8.28. The number of benzene rings is 1. The van der Waals surface area contributed by atoms with Crippen molar-refractivity contribution in [3.8, 4) is 6.01 Å². The Hall–Kier alpha value is -4.13. The lowest BCUT2D eigenvalue weighted by Crippen LogP contribution is -2.43. The molecule has 0 aliphatic carbocycles. The average molecular weight is 771 g/mol. The van der Waals surface area contributed by atoms with E-state index in [-0.39, 0.29) is 54.5 Å². The monoisotopic (exact) mass is 770 g/mol. The van der Waals surface area contributed by atoms with Crippen molar-refractivity contribution in [3.05, 3.63) is 68.9 Å². The minimum Gasteiger partial charge on any atom is -0.461 e. The van der Waals surface area contributed by atoms with Crippen molar-refractivity contribution in [2.45, 2.75) is 69.6 Å². The second-order valence-electron chi connectivity index (χ2n) is 13.8. The molecule has 0 bridgehead atoms. The molecular formula is C34H37ClF6N8O4. The van der Waals surface area contributed by atoms with Crippen molar-refractivity contribution >= 4 is 29.0 Å². The SMILES string of the molecule is CON(C)C(=O)c1nn2c(c1Cl)CN(c1nc(OC[C@]34CCCN3C[C@@H](C=C(F)F)C4)nc3c1COC(c1c(C(F)(F)F)ccc(N)c1F)C3)CCC2. The Morgan fingerprint density at radius 1 is 1.21 bits per heavy atom. The fraction of sp³-hybridized carbons (Fsp3) is 0.529. The minimum absolute atomic E-state index is 0.00450. The molecule has 0 spiro atoms. The summed E-state index contributed by atoms with van der Waals surface area (Å²) in [6.07, 6.45) is -4.77. The molecule has 3 atom stereocenters. The van der Waals surface area contributed by atoms with Gasteiger partial charge >= 0.3 is 12.2 Å². The molecule has 19 heteroatoms. The van der Waals surface area contributed by atoms with Crippen LogP contribution in [0, 0.1) is 11.7 Å². The first kappa shape index (κ1) is 37.2. The van der Waals surface area contributed by atoms with E-state index >= 15 is 4.39 Å². The van der Waals surface area contributed by atoms with Gasteiger partial charge in [0.1, 0.15) is 12.4 Å². The van der Waals surface area contributed by atoms with E-state index in [2.05, 4.69) is 15.0 Å². The molecule has 2 fully saturated rings. The van der Waals surface area contributed by atoms with Crippen molar-refractivity contribution in [1.29, 1.82) is 0 Å². The van der Waals surface area contributed by atoms with Gasteiger partial charge in [0.05, 0.1) is 59.6 Å². The number of hydrogen-bond acceptors (Lipinski definition) is 10. The van der Waals surface area contributed by atoms with Crippen LogP contribution in [0.4, 0.5) is 37.8 Å². The molecule has 2 N–H and O–H groups in total. The Kier molecular flexibility index (Phi) is 10.0. The first-order valence-corrected chi connectivity index (χ1v) is 17.5. The quantitative estimate of drug-likeness (QED) is 0.167. The standard InChI is InChI=1S/C34H37ClF6N8O4/c1-46(51-2)31(50)29-27(35)23-15-47(8-4-10-49(23)45-29)30-19-16-52-24(26-20(34(39,40)41)5-6-21(42)28(26)38)12-22(19)43-32(44-30)53-17-33-7-3-9-48(33)14-18(13-33)11-25(36)37/h5-6,11,18,24H,3-4,7-10,12-17,42H2,1-2H3/t18-,24?,33+/m0/s1. The molecular weight excluding hydrogens is 734 g/mol. The number of nitrogen functional groups attached to an aromatic ring is 1. The Morgan fingerprint density at radius 2 is 2.00 bits per heavy atom. The number of nitrogens with zero attached hydrogens (tertiary/aromatic N) is 7. The highest BCUT2D eigenvalue weighted by Gasteiger charge is 2.49. The van der Waals surface area contributed by atoms with Gasteiger partial charge in [0.2, 0.25) is 0 Å². The number of hydroxylamine groups is 2. The summed E-state index contributed by atoms with van der Waals surface area (Å²) in [6, 6.07) is 1.51. The molecule has 53 heavy (non-hydrogen) atoms. The van der Waals surface area contributed by atoms with Crippen molar-refractivity contribution in [3.63, 3.8) is 0 Å². The van der Waals surface area contributed by atoms with Crippen LogP contribution in [-0.2, 0) is 41.9 Å². The number of amides is 1. The van der Waals surface area contributed by atoms with E-state index in [9.17, 15) is 26.7 Å². The molecule has 3 aromatic rings. The number of halogens is 7. The van der Waals surface area contributed by atoms with Crippen LogP contribution in [0.15, 0.2) is 24.3 Å². The molecule has 4 aliphatic rings. The first-order valence-electron chi connectivity index (χ1n) is 17.1. The fourth-order valence-electron chi connectivity index (χ4n) is 8.00. The van der Waals surface area contributed by atoms with E-state index < -0.39 is 52.4 Å². The predicted molar refractivity (Wildman–Crippen MR) is 179 cm³/mol. The predicted octanol–water partition coefficient (Wildman–Crippen LogP) is 5.94. The van der Waals surface area contributed by atoms with Crippen LogP contribution in [0.25, 0.3) is 0 Å². The normalized spacial score (nSPS) is 22.9. The number of rotatable bonds is 8. The van der Waals surface area contributed by atoms with Crippen LogP contribution in [-0.4, -0.2) is 81.6 Å². The number of carbonyl (C=O) groups excluding carboxylic acids is 1. The van der Waals surface area contributed by atoms with Gasteiger partial charge in [-0.15, -0.1) is 0 Å². The zero-order chi connectivity index (χ0) is 37.8. The third kappa shape index (κ3) is 7.01. The highest BCUT2D eigenvalue weighted by Crippen LogP contribution is 2.45. The molecule has 4 aliphatic heterocycles. The van der Waals surface area contributed by atoms with Gasteiger partial charge in [-0.3, -0.25) is 19.2 Å². The highest BCUT2D eigenvalue weighted by atomic mass is 35.5. The number of anilines is 2. The van der Waals surface area contributed by atoms with Gasteiger partial charge in [-0.2, -0.15) is 37.0 Å². The van der Waals surface area contributed by atoms with Gasteiger partial charge in [0.25, 0.3) is 12.0 Å². The van der Waals surface area contributed by atoms with E-state index in [1.807, 2.05) is 4.90 Å². The summed E-state index contributed by atoms with van der Waals surface area (Å²) in [5.74, 6) is -1.78. The van der Waals surface area contributed by atoms with Crippen LogP contribution in [0.3, 0.4) is 0 Å². The number of aromatic nitrogens is 4. The number of nitrogens with two attached hydrogens (primary N) is 1. The minimum atomic E-state index is -4.89. The second kappa shape index (κ2) is 14.3. The molecule has 1 unspecified atom stereocenters. The average Bonchev–Trinajstić information content (AvgIpc) is 3.69. The maximum atomic E-state index is 15.4. The van der Waals surface area contributed by atoms with Crippen LogP contribution in [0.1, 0.15) is 70.4 Å². The molecule has 12 nitrogen and oxygen atoms in total. The topological polar surface area (TPSA) is 124 Å². The van der Waals surface area contributed by atoms with Gasteiger partial charge in [-0.25, -0.2) is 9.45 Å².